The molecule has 0 unspecified atom stereocenters. The van der Waals surface area contributed by atoms with Gasteiger partial charge >= 0.3 is 5.37 Å². The minimum atomic E-state index is -0.617. The lowest BCUT2D eigenvalue weighted by Crippen LogP contribution is -1.99. The van der Waals surface area contributed by atoms with Crippen molar-refractivity contribution < 1.29 is 4.79 Å². The van der Waals surface area contributed by atoms with Gasteiger partial charge in [0.25, 0.3) is 0 Å². The van der Waals surface area contributed by atoms with E-state index in [-0.39, 0.29) is 0 Å². The molecular formula is C13H10ClN3O. The molecule has 18 heavy (non-hydrogen) atoms. The molecule has 0 aliphatic heterocycles. The number of rotatable bonds is 3. The van der Waals surface area contributed by atoms with Crippen molar-refractivity contribution in [3.05, 3.63) is 54.6 Å². The Bertz CT molecular complexity index is 552. The molecule has 0 bridgehead atoms. The average Bonchev–Trinajstić information content (AvgIpc) is 2.38. The maximum absolute atomic E-state index is 10.6. The van der Waals surface area contributed by atoms with Crippen LogP contribution in [0.1, 0.15) is 0 Å². The van der Waals surface area contributed by atoms with Crippen molar-refractivity contribution in [2.75, 3.05) is 5.32 Å². The third-order valence-electron chi connectivity index (χ3n) is 2.15. The van der Waals surface area contributed by atoms with E-state index in [0.717, 1.165) is 5.69 Å². The van der Waals surface area contributed by atoms with E-state index in [1.54, 1.807) is 24.3 Å². The normalized spacial score (nSPS) is 10.5. The highest BCUT2D eigenvalue weighted by molar-refractivity contribution is 6.65. The smallest absolute Gasteiger partial charge is 0.312 e. The lowest BCUT2D eigenvalue weighted by Gasteiger charge is -1.99. The van der Waals surface area contributed by atoms with Crippen LogP contribution in [0, 0.1) is 0 Å². The number of nitrogens with zero attached hydrogens (tertiary/aromatic N) is 2. The summed E-state index contributed by atoms with van der Waals surface area (Å²) in [5.74, 6) is 0. The first-order chi connectivity index (χ1) is 8.74. The van der Waals surface area contributed by atoms with Gasteiger partial charge < -0.3 is 5.32 Å². The first kappa shape index (κ1) is 12.3. The van der Waals surface area contributed by atoms with Crippen LogP contribution in [-0.4, -0.2) is 5.37 Å². The Morgan fingerprint density at radius 3 is 2.00 bits per heavy atom. The van der Waals surface area contributed by atoms with Gasteiger partial charge in [0.15, 0.2) is 0 Å². The minimum absolute atomic E-state index is 0.617. The van der Waals surface area contributed by atoms with E-state index < -0.39 is 5.37 Å². The van der Waals surface area contributed by atoms with Crippen LogP contribution >= 0.6 is 11.6 Å². The van der Waals surface area contributed by atoms with Gasteiger partial charge in [0.05, 0.1) is 11.4 Å². The van der Waals surface area contributed by atoms with E-state index in [2.05, 4.69) is 15.5 Å². The van der Waals surface area contributed by atoms with Gasteiger partial charge in [-0.1, -0.05) is 18.2 Å². The van der Waals surface area contributed by atoms with Crippen molar-refractivity contribution in [1.82, 2.24) is 0 Å². The number of nitrogens with one attached hydrogen (secondary N) is 1. The molecule has 5 heteroatoms. The summed E-state index contributed by atoms with van der Waals surface area (Å²) in [6.45, 7) is 0. The highest BCUT2D eigenvalue weighted by Gasteiger charge is 1.96. The summed E-state index contributed by atoms with van der Waals surface area (Å²) in [6.07, 6.45) is 0. The van der Waals surface area contributed by atoms with E-state index in [0.29, 0.717) is 11.4 Å². The Morgan fingerprint density at radius 1 is 0.889 bits per heavy atom. The van der Waals surface area contributed by atoms with E-state index >= 15 is 0 Å². The Hall–Kier alpha value is -2.20. The van der Waals surface area contributed by atoms with Gasteiger partial charge in [-0.25, -0.2) is 0 Å². The summed E-state index contributed by atoms with van der Waals surface area (Å²) in [5, 5.41) is 10.00. The molecule has 0 atom stereocenters. The number of hydrogen-bond acceptors (Lipinski definition) is 3. The average molecular weight is 260 g/mol. The van der Waals surface area contributed by atoms with E-state index in [1.165, 1.54) is 0 Å². The van der Waals surface area contributed by atoms with Gasteiger partial charge in [0, 0.05) is 5.69 Å². The second-order valence-electron chi connectivity index (χ2n) is 3.48. The van der Waals surface area contributed by atoms with Gasteiger partial charge in [-0.15, -0.1) is 0 Å². The number of azo groups is 1. The number of amides is 1. The Labute approximate surface area is 109 Å². The minimum Gasteiger partial charge on any atom is -0.312 e. The summed E-state index contributed by atoms with van der Waals surface area (Å²) >= 11 is 5.20. The summed E-state index contributed by atoms with van der Waals surface area (Å²) < 4.78 is 0. The van der Waals surface area contributed by atoms with E-state index in [1.807, 2.05) is 30.3 Å². The molecule has 0 spiro atoms. The molecule has 1 N–H and O–H groups in total. The third kappa shape index (κ3) is 3.68. The van der Waals surface area contributed by atoms with Gasteiger partial charge in [-0.05, 0) is 48.0 Å². The molecular weight excluding hydrogens is 250 g/mol. The van der Waals surface area contributed by atoms with Crippen LogP contribution in [0.4, 0.5) is 21.9 Å². The van der Waals surface area contributed by atoms with Crippen molar-refractivity contribution in [3.63, 3.8) is 0 Å². The summed E-state index contributed by atoms with van der Waals surface area (Å²) in [6, 6.07) is 16.4. The van der Waals surface area contributed by atoms with Crippen LogP contribution in [0.25, 0.3) is 0 Å². The Balaban J connectivity index is 2.06. The molecule has 0 aliphatic carbocycles. The zero-order chi connectivity index (χ0) is 12.8. The number of anilines is 1. The second kappa shape index (κ2) is 5.93. The van der Waals surface area contributed by atoms with Gasteiger partial charge in [-0.2, -0.15) is 10.2 Å². The highest BCUT2D eigenvalue weighted by Crippen LogP contribution is 2.20. The van der Waals surface area contributed by atoms with E-state index in [9.17, 15) is 4.79 Å². The topological polar surface area (TPSA) is 53.8 Å². The van der Waals surface area contributed by atoms with Crippen LogP contribution < -0.4 is 5.32 Å². The summed E-state index contributed by atoms with van der Waals surface area (Å²) in [4.78, 5) is 10.6. The predicted octanol–water partition coefficient (Wildman–Crippen LogP) is 4.87. The summed E-state index contributed by atoms with van der Waals surface area (Å²) in [7, 11) is 0. The zero-order valence-corrected chi connectivity index (χ0v) is 10.1. The lowest BCUT2D eigenvalue weighted by molar-refractivity contribution is 0.269. The highest BCUT2D eigenvalue weighted by atomic mass is 35.5. The van der Waals surface area contributed by atoms with Crippen LogP contribution in [-0.2, 0) is 0 Å². The second-order valence-corrected chi connectivity index (χ2v) is 3.82. The molecule has 0 aromatic heterocycles. The van der Waals surface area contributed by atoms with Crippen molar-refractivity contribution >= 4 is 34.0 Å². The first-order valence-corrected chi connectivity index (χ1v) is 5.65. The first-order valence-electron chi connectivity index (χ1n) is 5.27. The molecule has 0 saturated carbocycles. The molecule has 2 rings (SSSR count). The zero-order valence-electron chi connectivity index (χ0n) is 9.38. The molecule has 0 heterocycles. The number of carbonyl (C=O) groups is 1. The third-order valence-corrected chi connectivity index (χ3v) is 2.24. The van der Waals surface area contributed by atoms with Crippen molar-refractivity contribution in [3.8, 4) is 0 Å². The number of carbonyl (C=O) groups excluding carboxylic acids is 1. The molecule has 2 aromatic rings. The maximum atomic E-state index is 10.6. The van der Waals surface area contributed by atoms with Crippen LogP contribution in [0.5, 0.6) is 0 Å². The van der Waals surface area contributed by atoms with Crippen LogP contribution in [0.15, 0.2) is 64.8 Å². The Morgan fingerprint density at radius 2 is 1.44 bits per heavy atom. The molecule has 4 nitrogen and oxygen atoms in total. The molecule has 0 aliphatic rings. The predicted molar refractivity (Wildman–Crippen MR) is 71.9 cm³/mol. The molecule has 0 radical (unpaired) electrons. The molecule has 2 aromatic carbocycles. The van der Waals surface area contributed by atoms with E-state index in [4.69, 9.17) is 11.6 Å². The standard InChI is InChI=1S/C13H10ClN3O/c14-13(18)15-10-6-8-12(9-7-10)17-16-11-4-2-1-3-5-11/h1-9H,(H,15,18). The maximum Gasteiger partial charge on any atom is 0.318 e. The van der Waals surface area contributed by atoms with Gasteiger partial charge in [0.2, 0.25) is 0 Å². The quantitative estimate of drug-likeness (QED) is 0.477. The van der Waals surface area contributed by atoms with Crippen molar-refractivity contribution in [2.45, 2.75) is 0 Å². The van der Waals surface area contributed by atoms with Crippen LogP contribution in [0.3, 0.4) is 0 Å². The van der Waals surface area contributed by atoms with Gasteiger partial charge in [-0.3, -0.25) is 4.79 Å². The Kier molecular flexibility index (Phi) is 4.04. The molecule has 0 saturated heterocycles. The fourth-order valence-electron chi connectivity index (χ4n) is 1.34. The number of hydrogen-bond donors (Lipinski definition) is 1. The van der Waals surface area contributed by atoms with Crippen molar-refractivity contribution in [2.24, 2.45) is 10.2 Å². The number of halogens is 1. The largest absolute Gasteiger partial charge is 0.318 e. The molecule has 1 amide bonds. The fraction of sp³-hybridized carbons (Fsp3) is 0. The van der Waals surface area contributed by atoms with Gasteiger partial charge in [0.1, 0.15) is 0 Å². The monoisotopic (exact) mass is 259 g/mol. The SMILES string of the molecule is O=C(Cl)Nc1ccc(N=Nc2ccccc2)cc1. The lowest BCUT2D eigenvalue weighted by atomic mass is 10.3. The fourth-order valence-corrected chi connectivity index (χ4v) is 1.44. The molecule has 0 fully saturated rings. The van der Waals surface area contributed by atoms with Crippen molar-refractivity contribution in [1.29, 1.82) is 0 Å². The summed E-state index contributed by atoms with van der Waals surface area (Å²) in [5.41, 5.74) is 2.11. The molecule has 90 valence electrons. The van der Waals surface area contributed by atoms with Crippen LogP contribution in [0.2, 0.25) is 0 Å². The number of benzene rings is 2.